The Hall–Kier alpha value is -3.16. The van der Waals surface area contributed by atoms with Crippen molar-refractivity contribution in [3.8, 4) is 0 Å². The summed E-state index contributed by atoms with van der Waals surface area (Å²) < 4.78 is 0.537. The molecule has 0 aromatic carbocycles. The van der Waals surface area contributed by atoms with E-state index in [4.69, 9.17) is 0 Å². The predicted octanol–water partition coefficient (Wildman–Crippen LogP) is 2.19. The van der Waals surface area contributed by atoms with Crippen molar-refractivity contribution < 1.29 is 5.21 Å². The molecule has 3 rings (SSSR count). The number of nitrogens with zero attached hydrogens (tertiary/aromatic N) is 5. The Balaban J connectivity index is 1.86. The summed E-state index contributed by atoms with van der Waals surface area (Å²) in [7, 11) is 0. The van der Waals surface area contributed by atoms with Crippen molar-refractivity contribution in [2.75, 3.05) is 23.3 Å². The highest BCUT2D eigenvalue weighted by molar-refractivity contribution is 5.90. The molecule has 0 bridgehead atoms. The van der Waals surface area contributed by atoms with Crippen LogP contribution >= 0.6 is 0 Å². The van der Waals surface area contributed by atoms with E-state index in [0.29, 0.717) is 28.0 Å². The number of rotatable bonds is 6. The van der Waals surface area contributed by atoms with Crippen LogP contribution in [0.5, 0.6) is 0 Å². The molecule has 0 spiro atoms. The molecule has 0 amide bonds. The number of hydrogen-bond acceptors (Lipinski definition) is 7. The standard InChI is InChI=1S/C18H22N6O2/c1-4-23(5-2)15-7-6-13(10-20-15)9-19-14-8-16(25)24(26)18-17(14)12(3)21-11-22-18/h6-8,10-11,19,26H,4-5,9H2,1-3H3. The Morgan fingerprint density at radius 2 is 1.96 bits per heavy atom. The highest BCUT2D eigenvalue weighted by Crippen LogP contribution is 2.22. The third kappa shape index (κ3) is 3.30. The van der Waals surface area contributed by atoms with Gasteiger partial charge < -0.3 is 15.4 Å². The number of nitrogens with one attached hydrogen (secondary N) is 1. The molecule has 8 heteroatoms. The van der Waals surface area contributed by atoms with Crippen LogP contribution in [0, 0.1) is 6.92 Å². The van der Waals surface area contributed by atoms with Crippen LogP contribution in [0.2, 0.25) is 0 Å². The molecule has 26 heavy (non-hydrogen) atoms. The average molecular weight is 354 g/mol. The maximum absolute atomic E-state index is 12.0. The monoisotopic (exact) mass is 354 g/mol. The molecule has 3 heterocycles. The van der Waals surface area contributed by atoms with Gasteiger partial charge in [0.2, 0.25) is 0 Å². The fourth-order valence-corrected chi connectivity index (χ4v) is 2.89. The normalized spacial score (nSPS) is 10.9. The molecular weight excluding hydrogens is 332 g/mol. The third-order valence-electron chi connectivity index (χ3n) is 4.34. The van der Waals surface area contributed by atoms with Crippen LogP contribution in [0.25, 0.3) is 11.0 Å². The van der Waals surface area contributed by atoms with Crippen LogP contribution in [0.3, 0.4) is 0 Å². The summed E-state index contributed by atoms with van der Waals surface area (Å²) in [4.78, 5) is 26.8. The Labute approximate surface area is 151 Å². The smallest absolute Gasteiger partial charge is 0.286 e. The molecule has 0 aliphatic rings. The molecule has 136 valence electrons. The second kappa shape index (κ2) is 7.38. The number of aryl methyl sites for hydroxylation is 1. The summed E-state index contributed by atoms with van der Waals surface area (Å²) in [6.45, 7) is 8.30. The first-order chi connectivity index (χ1) is 12.5. The third-order valence-corrected chi connectivity index (χ3v) is 4.34. The summed E-state index contributed by atoms with van der Waals surface area (Å²) in [5.74, 6) is 0.941. The molecule has 3 aromatic rings. The first kappa shape index (κ1) is 17.7. The van der Waals surface area contributed by atoms with E-state index in [1.54, 1.807) is 6.92 Å². The van der Waals surface area contributed by atoms with E-state index in [-0.39, 0.29) is 5.65 Å². The minimum atomic E-state index is -0.548. The van der Waals surface area contributed by atoms with Gasteiger partial charge in [0, 0.05) is 31.9 Å². The summed E-state index contributed by atoms with van der Waals surface area (Å²) in [6, 6.07) is 5.34. The molecule has 0 aliphatic carbocycles. The van der Waals surface area contributed by atoms with Crippen molar-refractivity contribution >= 4 is 22.5 Å². The quantitative estimate of drug-likeness (QED) is 0.655. The van der Waals surface area contributed by atoms with E-state index in [2.05, 4.69) is 39.0 Å². The number of anilines is 2. The van der Waals surface area contributed by atoms with Crippen LogP contribution in [0.1, 0.15) is 25.1 Å². The summed E-state index contributed by atoms with van der Waals surface area (Å²) in [5.41, 5.74) is 1.88. The van der Waals surface area contributed by atoms with Gasteiger partial charge in [0.1, 0.15) is 12.1 Å². The molecule has 0 unspecified atom stereocenters. The van der Waals surface area contributed by atoms with Gasteiger partial charge in [-0.1, -0.05) is 6.07 Å². The molecule has 0 atom stereocenters. The highest BCUT2D eigenvalue weighted by Gasteiger charge is 2.12. The fourth-order valence-electron chi connectivity index (χ4n) is 2.89. The Kier molecular flexibility index (Phi) is 5.01. The van der Waals surface area contributed by atoms with Crippen molar-refractivity contribution in [1.29, 1.82) is 0 Å². The lowest BCUT2D eigenvalue weighted by Crippen LogP contribution is -2.22. The van der Waals surface area contributed by atoms with Gasteiger partial charge >= 0.3 is 0 Å². The number of aromatic nitrogens is 4. The Morgan fingerprint density at radius 1 is 1.19 bits per heavy atom. The molecule has 0 saturated carbocycles. The van der Waals surface area contributed by atoms with Crippen LogP contribution in [0.4, 0.5) is 11.5 Å². The van der Waals surface area contributed by atoms with Gasteiger partial charge in [0.05, 0.1) is 16.8 Å². The van der Waals surface area contributed by atoms with E-state index in [0.717, 1.165) is 24.5 Å². The van der Waals surface area contributed by atoms with Crippen molar-refractivity contribution in [1.82, 2.24) is 19.7 Å². The van der Waals surface area contributed by atoms with Gasteiger partial charge in [-0.15, -0.1) is 4.73 Å². The lowest BCUT2D eigenvalue weighted by molar-refractivity contribution is 0.186. The molecule has 0 radical (unpaired) electrons. The van der Waals surface area contributed by atoms with Gasteiger partial charge in [0.15, 0.2) is 5.65 Å². The number of hydrogen-bond donors (Lipinski definition) is 2. The van der Waals surface area contributed by atoms with Crippen LogP contribution in [-0.2, 0) is 6.54 Å². The van der Waals surface area contributed by atoms with Gasteiger partial charge in [-0.25, -0.2) is 15.0 Å². The molecule has 3 aromatic heterocycles. The number of fused-ring (bicyclic) bond motifs is 1. The highest BCUT2D eigenvalue weighted by atomic mass is 16.5. The van der Waals surface area contributed by atoms with E-state index in [1.165, 1.54) is 12.4 Å². The first-order valence-corrected chi connectivity index (χ1v) is 8.55. The summed E-state index contributed by atoms with van der Waals surface area (Å²) >= 11 is 0. The molecule has 8 nitrogen and oxygen atoms in total. The molecule has 2 N–H and O–H groups in total. The molecule has 0 saturated heterocycles. The van der Waals surface area contributed by atoms with E-state index in [9.17, 15) is 10.0 Å². The Bertz CT molecular complexity index is 964. The predicted molar refractivity (Wildman–Crippen MR) is 101 cm³/mol. The molecule has 0 fully saturated rings. The SMILES string of the molecule is CCN(CC)c1ccc(CNc2cc(=O)n(O)c3ncnc(C)c23)cn1. The summed E-state index contributed by atoms with van der Waals surface area (Å²) in [6.07, 6.45) is 3.14. The van der Waals surface area contributed by atoms with Crippen molar-refractivity contribution in [3.63, 3.8) is 0 Å². The van der Waals surface area contributed by atoms with Gasteiger partial charge in [-0.2, -0.15) is 0 Å². The van der Waals surface area contributed by atoms with E-state index < -0.39 is 5.56 Å². The van der Waals surface area contributed by atoms with Crippen LogP contribution < -0.4 is 15.8 Å². The van der Waals surface area contributed by atoms with Crippen molar-refractivity contribution in [2.45, 2.75) is 27.3 Å². The molecule has 0 aliphatic heterocycles. The van der Waals surface area contributed by atoms with Gasteiger partial charge in [0.25, 0.3) is 5.56 Å². The lowest BCUT2D eigenvalue weighted by atomic mass is 10.2. The summed E-state index contributed by atoms with van der Waals surface area (Å²) in [5, 5.41) is 13.7. The van der Waals surface area contributed by atoms with E-state index in [1.807, 2.05) is 18.3 Å². The maximum atomic E-state index is 12.0. The van der Waals surface area contributed by atoms with Crippen molar-refractivity contribution in [3.05, 3.63) is 52.3 Å². The van der Waals surface area contributed by atoms with Crippen molar-refractivity contribution in [2.24, 2.45) is 0 Å². The van der Waals surface area contributed by atoms with Gasteiger partial charge in [-0.3, -0.25) is 4.79 Å². The van der Waals surface area contributed by atoms with Crippen LogP contribution in [0.15, 0.2) is 35.5 Å². The van der Waals surface area contributed by atoms with Crippen LogP contribution in [-0.4, -0.2) is 38.0 Å². The lowest BCUT2D eigenvalue weighted by Gasteiger charge is -2.19. The Morgan fingerprint density at radius 3 is 2.62 bits per heavy atom. The second-order valence-electron chi connectivity index (χ2n) is 5.92. The zero-order valence-electron chi connectivity index (χ0n) is 15.1. The van der Waals surface area contributed by atoms with E-state index >= 15 is 0 Å². The average Bonchev–Trinajstić information content (AvgIpc) is 2.65. The first-order valence-electron chi connectivity index (χ1n) is 8.55. The minimum absolute atomic E-state index is 0.183. The minimum Gasteiger partial charge on any atom is -0.423 e. The largest absolute Gasteiger partial charge is 0.423 e. The zero-order valence-corrected chi connectivity index (χ0v) is 15.1. The second-order valence-corrected chi connectivity index (χ2v) is 5.92. The molecular formula is C18H22N6O2. The van der Waals surface area contributed by atoms with Gasteiger partial charge in [-0.05, 0) is 32.4 Å². The maximum Gasteiger partial charge on any atom is 0.286 e. The zero-order chi connectivity index (χ0) is 18.7. The fraction of sp³-hybridized carbons (Fsp3) is 0.333. The number of pyridine rings is 2. The topological polar surface area (TPSA) is 96.2 Å².